The van der Waals surface area contributed by atoms with Crippen molar-refractivity contribution in [1.82, 2.24) is 10.2 Å². The number of aromatic nitrogens is 2. The first-order valence-corrected chi connectivity index (χ1v) is 5.38. The summed E-state index contributed by atoms with van der Waals surface area (Å²) in [6.45, 7) is 1.60. The Hall–Kier alpha value is -1.59. The summed E-state index contributed by atoms with van der Waals surface area (Å²) < 4.78 is 4.98. The lowest BCUT2D eigenvalue weighted by Crippen LogP contribution is -2.12. The first-order chi connectivity index (χ1) is 8.04. The van der Waals surface area contributed by atoms with Gasteiger partial charge < -0.3 is 9.73 Å². The van der Waals surface area contributed by atoms with Crippen molar-refractivity contribution in [3.05, 3.63) is 40.0 Å². The summed E-state index contributed by atoms with van der Waals surface area (Å²) in [6, 6.07) is 4.69. The monoisotopic (exact) mass is 271 g/mol. The Kier molecular flexibility index (Phi) is 3.31. The zero-order valence-electron chi connectivity index (χ0n) is 8.70. The van der Waals surface area contributed by atoms with Gasteiger partial charge in [-0.1, -0.05) is 23.2 Å². The third kappa shape index (κ3) is 2.95. The van der Waals surface area contributed by atoms with Crippen LogP contribution in [0.2, 0.25) is 10.0 Å². The van der Waals surface area contributed by atoms with Gasteiger partial charge in [0.05, 0.1) is 0 Å². The third-order valence-corrected chi connectivity index (χ3v) is 2.28. The van der Waals surface area contributed by atoms with Crippen LogP contribution in [0.1, 0.15) is 16.6 Å². The number of benzene rings is 1. The standard InChI is InChI=1S/C10H7Cl2N3O2/c1-5-14-15-10(17-5)9(16)13-8-3-6(11)2-7(12)4-8/h2-4H,1H3,(H,13,16). The number of halogens is 2. The number of anilines is 1. The lowest BCUT2D eigenvalue weighted by atomic mass is 10.3. The van der Waals surface area contributed by atoms with E-state index < -0.39 is 5.91 Å². The molecule has 1 N–H and O–H groups in total. The largest absolute Gasteiger partial charge is 0.417 e. The molecular formula is C10H7Cl2N3O2. The molecule has 5 nitrogen and oxygen atoms in total. The number of aryl methyl sites for hydroxylation is 1. The molecule has 0 saturated carbocycles. The third-order valence-electron chi connectivity index (χ3n) is 1.84. The Morgan fingerprint density at radius 1 is 1.24 bits per heavy atom. The summed E-state index contributed by atoms with van der Waals surface area (Å²) in [5, 5.41) is 10.5. The van der Waals surface area contributed by atoms with Crippen LogP contribution in [-0.2, 0) is 0 Å². The molecule has 88 valence electrons. The van der Waals surface area contributed by atoms with Gasteiger partial charge in [-0.05, 0) is 18.2 Å². The van der Waals surface area contributed by atoms with Gasteiger partial charge in [0.2, 0.25) is 5.89 Å². The number of amides is 1. The van der Waals surface area contributed by atoms with Gasteiger partial charge in [0.25, 0.3) is 0 Å². The van der Waals surface area contributed by atoms with Crippen LogP contribution in [0.15, 0.2) is 22.6 Å². The van der Waals surface area contributed by atoms with Crippen LogP contribution in [0.25, 0.3) is 0 Å². The predicted molar refractivity (Wildman–Crippen MR) is 63.5 cm³/mol. The normalized spacial score (nSPS) is 10.3. The van der Waals surface area contributed by atoms with Crippen LogP contribution >= 0.6 is 23.2 Å². The van der Waals surface area contributed by atoms with Crippen LogP contribution in [-0.4, -0.2) is 16.1 Å². The first-order valence-electron chi connectivity index (χ1n) is 4.62. The Morgan fingerprint density at radius 3 is 2.41 bits per heavy atom. The summed E-state index contributed by atoms with van der Waals surface area (Å²) in [6.07, 6.45) is 0. The maximum atomic E-state index is 11.7. The molecule has 0 saturated heterocycles. The summed E-state index contributed by atoms with van der Waals surface area (Å²) in [7, 11) is 0. The summed E-state index contributed by atoms with van der Waals surface area (Å²) in [5.41, 5.74) is 0.461. The number of carbonyl (C=O) groups is 1. The van der Waals surface area contributed by atoms with Crippen molar-refractivity contribution in [2.45, 2.75) is 6.92 Å². The highest BCUT2D eigenvalue weighted by molar-refractivity contribution is 6.35. The van der Waals surface area contributed by atoms with E-state index in [-0.39, 0.29) is 5.89 Å². The number of hydrogen-bond donors (Lipinski definition) is 1. The van der Waals surface area contributed by atoms with E-state index in [1.54, 1.807) is 25.1 Å². The topological polar surface area (TPSA) is 68.0 Å². The molecule has 0 unspecified atom stereocenters. The molecule has 0 aliphatic carbocycles. The maximum absolute atomic E-state index is 11.7. The molecule has 0 aliphatic rings. The van der Waals surface area contributed by atoms with Crippen molar-refractivity contribution < 1.29 is 9.21 Å². The van der Waals surface area contributed by atoms with E-state index in [1.807, 2.05) is 0 Å². The van der Waals surface area contributed by atoms with E-state index in [0.717, 1.165) is 0 Å². The fraction of sp³-hybridized carbons (Fsp3) is 0.100. The van der Waals surface area contributed by atoms with Gasteiger partial charge in [0.15, 0.2) is 0 Å². The highest BCUT2D eigenvalue weighted by Gasteiger charge is 2.13. The molecule has 7 heteroatoms. The minimum absolute atomic E-state index is 0.112. The smallest absolute Gasteiger partial charge is 0.313 e. The van der Waals surface area contributed by atoms with Gasteiger partial charge in [-0.3, -0.25) is 4.79 Å². The molecule has 0 spiro atoms. The first kappa shape index (κ1) is 11.9. The highest BCUT2D eigenvalue weighted by atomic mass is 35.5. The van der Waals surface area contributed by atoms with Crippen molar-refractivity contribution >= 4 is 34.8 Å². The van der Waals surface area contributed by atoms with Crippen molar-refractivity contribution in [3.63, 3.8) is 0 Å². The maximum Gasteiger partial charge on any atom is 0.313 e. The van der Waals surface area contributed by atoms with Gasteiger partial charge in [-0.2, -0.15) is 0 Å². The molecule has 1 aromatic carbocycles. The molecule has 1 heterocycles. The quantitative estimate of drug-likeness (QED) is 0.912. The van der Waals surface area contributed by atoms with Crippen LogP contribution in [0.4, 0.5) is 5.69 Å². The van der Waals surface area contributed by atoms with Gasteiger partial charge >= 0.3 is 11.8 Å². The molecule has 1 amide bonds. The van der Waals surface area contributed by atoms with Gasteiger partial charge in [0, 0.05) is 22.7 Å². The highest BCUT2D eigenvalue weighted by Crippen LogP contribution is 2.22. The summed E-state index contributed by atoms with van der Waals surface area (Å²) in [4.78, 5) is 11.7. The zero-order chi connectivity index (χ0) is 12.4. The van der Waals surface area contributed by atoms with Crippen molar-refractivity contribution in [2.24, 2.45) is 0 Å². The van der Waals surface area contributed by atoms with Crippen molar-refractivity contribution in [2.75, 3.05) is 5.32 Å². The number of carbonyl (C=O) groups excluding carboxylic acids is 1. The second-order valence-electron chi connectivity index (χ2n) is 3.24. The predicted octanol–water partition coefficient (Wildman–Crippen LogP) is 2.94. The van der Waals surface area contributed by atoms with E-state index in [9.17, 15) is 4.79 Å². The van der Waals surface area contributed by atoms with E-state index in [2.05, 4.69) is 15.5 Å². The Balaban J connectivity index is 2.18. The molecule has 0 radical (unpaired) electrons. The Labute approximate surface area is 107 Å². The lowest BCUT2D eigenvalue weighted by molar-refractivity contribution is 0.0989. The van der Waals surface area contributed by atoms with Gasteiger partial charge in [0.1, 0.15) is 0 Å². The second-order valence-corrected chi connectivity index (χ2v) is 4.11. The van der Waals surface area contributed by atoms with Gasteiger partial charge in [-0.25, -0.2) is 0 Å². The van der Waals surface area contributed by atoms with E-state index in [1.165, 1.54) is 0 Å². The molecule has 0 bridgehead atoms. The van der Waals surface area contributed by atoms with Crippen molar-refractivity contribution in [1.29, 1.82) is 0 Å². The fourth-order valence-electron chi connectivity index (χ4n) is 1.20. The van der Waals surface area contributed by atoms with Crippen molar-refractivity contribution in [3.8, 4) is 0 Å². The fourth-order valence-corrected chi connectivity index (χ4v) is 1.72. The molecule has 2 rings (SSSR count). The number of nitrogens with one attached hydrogen (secondary N) is 1. The minimum atomic E-state index is -0.510. The van der Waals surface area contributed by atoms with Crippen LogP contribution in [0, 0.1) is 6.92 Å². The molecule has 0 atom stereocenters. The summed E-state index contributed by atoms with van der Waals surface area (Å²) >= 11 is 11.6. The van der Waals surface area contributed by atoms with Gasteiger partial charge in [-0.15, -0.1) is 10.2 Å². The van der Waals surface area contributed by atoms with E-state index in [0.29, 0.717) is 21.6 Å². The average molecular weight is 272 g/mol. The minimum Gasteiger partial charge on any atom is -0.417 e. The number of hydrogen-bond acceptors (Lipinski definition) is 4. The van der Waals surface area contributed by atoms with E-state index in [4.69, 9.17) is 27.6 Å². The number of rotatable bonds is 2. The van der Waals surface area contributed by atoms with E-state index >= 15 is 0 Å². The molecule has 2 aromatic rings. The molecule has 0 aliphatic heterocycles. The lowest BCUT2D eigenvalue weighted by Gasteiger charge is -2.03. The SMILES string of the molecule is Cc1nnc(C(=O)Nc2cc(Cl)cc(Cl)c2)o1. The van der Waals surface area contributed by atoms with Crippen LogP contribution in [0.3, 0.4) is 0 Å². The second kappa shape index (κ2) is 4.73. The summed E-state index contributed by atoms with van der Waals surface area (Å²) in [5.74, 6) is -0.304. The average Bonchev–Trinajstić information content (AvgIpc) is 2.63. The molecule has 17 heavy (non-hydrogen) atoms. The molecule has 1 aromatic heterocycles. The zero-order valence-corrected chi connectivity index (χ0v) is 10.2. The van der Waals surface area contributed by atoms with Crippen LogP contribution < -0.4 is 5.32 Å². The van der Waals surface area contributed by atoms with Crippen LogP contribution in [0.5, 0.6) is 0 Å². The number of nitrogens with zero attached hydrogens (tertiary/aromatic N) is 2. The molecular weight excluding hydrogens is 265 g/mol. The molecule has 0 fully saturated rings. The Morgan fingerprint density at radius 2 is 1.88 bits per heavy atom. The Bertz CT molecular complexity index is 548.